The first-order valence-corrected chi connectivity index (χ1v) is 7.30. The van der Waals surface area contributed by atoms with Gasteiger partial charge >= 0.3 is 0 Å². The highest BCUT2D eigenvalue weighted by Crippen LogP contribution is 2.41. The summed E-state index contributed by atoms with van der Waals surface area (Å²) >= 11 is 0. The number of amides is 1. The SMILES string of the molecule is COC1C(Nc2cc(F)nc(F)c2)C1(C)NC(=O)c1ccccn1. The Morgan fingerprint density at radius 3 is 2.58 bits per heavy atom. The summed E-state index contributed by atoms with van der Waals surface area (Å²) in [6.45, 7) is 1.79. The Morgan fingerprint density at radius 1 is 1.29 bits per heavy atom. The molecule has 1 aliphatic carbocycles. The van der Waals surface area contributed by atoms with Crippen LogP contribution >= 0.6 is 0 Å². The number of hydrogen-bond donors (Lipinski definition) is 2. The molecule has 126 valence electrons. The Balaban J connectivity index is 1.74. The normalized spacial score (nSPS) is 25.2. The van der Waals surface area contributed by atoms with Crippen molar-refractivity contribution >= 4 is 11.6 Å². The van der Waals surface area contributed by atoms with Gasteiger partial charge in [-0.3, -0.25) is 9.78 Å². The van der Waals surface area contributed by atoms with E-state index in [0.29, 0.717) is 0 Å². The number of rotatable bonds is 5. The van der Waals surface area contributed by atoms with E-state index in [1.165, 1.54) is 13.3 Å². The van der Waals surface area contributed by atoms with E-state index in [4.69, 9.17) is 4.74 Å². The summed E-state index contributed by atoms with van der Waals surface area (Å²) in [7, 11) is 1.51. The number of carbonyl (C=O) groups excluding carboxylic acids is 1. The van der Waals surface area contributed by atoms with Crippen LogP contribution in [0.5, 0.6) is 0 Å². The summed E-state index contributed by atoms with van der Waals surface area (Å²) in [6, 6.07) is 6.83. The molecular formula is C16H16F2N4O2. The number of carbonyl (C=O) groups is 1. The molecule has 2 N–H and O–H groups in total. The number of aromatic nitrogens is 2. The Kier molecular flexibility index (Phi) is 4.15. The van der Waals surface area contributed by atoms with Crippen molar-refractivity contribution in [2.24, 2.45) is 0 Å². The number of nitrogens with one attached hydrogen (secondary N) is 2. The summed E-state index contributed by atoms with van der Waals surface area (Å²) in [5.41, 5.74) is -0.234. The van der Waals surface area contributed by atoms with Gasteiger partial charge in [-0.25, -0.2) is 0 Å². The Morgan fingerprint density at radius 2 is 2.00 bits per heavy atom. The van der Waals surface area contributed by atoms with Crippen LogP contribution in [0.4, 0.5) is 14.5 Å². The fraction of sp³-hybridized carbons (Fsp3) is 0.312. The van der Waals surface area contributed by atoms with Crippen molar-refractivity contribution in [1.29, 1.82) is 0 Å². The maximum Gasteiger partial charge on any atom is 0.270 e. The molecule has 24 heavy (non-hydrogen) atoms. The quantitative estimate of drug-likeness (QED) is 0.815. The average Bonchev–Trinajstić information content (AvgIpc) is 3.09. The van der Waals surface area contributed by atoms with Crippen LogP contribution in [-0.4, -0.2) is 40.7 Å². The summed E-state index contributed by atoms with van der Waals surface area (Å²) in [6.07, 6.45) is 1.17. The molecule has 2 aromatic heterocycles. The standard InChI is InChI=1S/C16H16F2N4O2/c1-16(22-15(23)10-5-3-4-6-19-10)13(14(16)24-2)20-9-7-11(17)21-12(18)8-9/h3-8,13-14H,1-2H3,(H,20,21)(H,22,23). The van der Waals surface area contributed by atoms with E-state index in [-0.39, 0.29) is 29.4 Å². The van der Waals surface area contributed by atoms with Gasteiger partial charge in [-0.1, -0.05) is 6.07 Å². The van der Waals surface area contributed by atoms with E-state index < -0.39 is 17.4 Å². The summed E-state index contributed by atoms with van der Waals surface area (Å²) in [5, 5.41) is 5.82. The minimum Gasteiger partial charge on any atom is -0.377 e. The van der Waals surface area contributed by atoms with Gasteiger partial charge in [-0.15, -0.1) is 0 Å². The van der Waals surface area contributed by atoms with Crippen LogP contribution in [0.2, 0.25) is 0 Å². The van der Waals surface area contributed by atoms with Crippen molar-refractivity contribution < 1.29 is 18.3 Å². The zero-order chi connectivity index (χ0) is 17.3. The summed E-state index contributed by atoms with van der Waals surface area (Å²) in [4.78, 5) is 19.3. The zero-order valence-electron chi connectivity index (χ0n) is 13.1. The highest BCUT2D eigenvalue weighted by Gasteiger charge is 2.63. The monoisotopic (exact) mass is 334 g/mol. The molecule has 0 aromatic carbocycles. The van der Waals surface area contributed by atoms with Crippen LogP contribution in [0.15, 0.2) is 36.5 Å². The van der Waals surface area contributed by atoms with Crippen molar-refractivity contribution in [1.82, 2.24) is 15.3 Å². The maximum absolute atomic E-state index is 13.2. The topological polar surface area (TPSA) is 76.1 Å². The lowest BCUT2D eigenvalue weighted by Crippen LogP contribution is -2.40. The van der Waals surface area contributed by atoms with Crippen molar-refractivity contribution in [3.63, 3.8) is 0 Å². The molecule has 3 rings (SSSR count). The first-order valence-electron chi connectivity index (χ1n) is 7.30. The van der Waals surface area contributed by atoms with Gasteiger partial charge in [-0.2, -0.15) is 13.8 Å². The molecule has 1 aliphatic rings. The van der Waals surface area contributed by atoms with Gasteiger partial charge < -0.3 is 15.4 Å². The fourth-order valence-corrected chi connectivity index (χ4v) is 2.76. The summed E-state index contributed by atoms with van der Waals surface area (Å²) in [5.74, 6) is -2.20. The molecule has 0 spiro atoms. The molecule has 0 radical (unpaired) electrons. The van der Waals surface area contributed by atoms with Gasteiger partial charge in [0.2, 0.25) is 11.9 Å². The Hall–Kier alpha value is -2.61. The molecule has 3 unspecified atom stereocenters. The van der Waals surface area contributed by atoms with Crippen molar-refractivity contribution in [3.05, 3.63) is 54.1 Å². The second-order valence-corrected chi connectivity index (χ2v) is 5.73. The lowest BCUT2D eigenvalue weighted by Gasteiger charge is -2.14. The average molecular weight is 334 g/mol. The fourth-order valence-electron chi connectivity index (χ4n) is 2.76. The Bertz CT molecular complexity index is 739. The highest BCUT2D eigenvalue weighted by molar-refractivity contribution is 5.93. The molecule has 1 saturated carbocycles. The minimum absolute atomic E-state index is 0.225. The molecule has 0 bridgehead atoms. The molecule has 6 nitrogen and oxygen atoms in total. The van der Waals surface area contributed by atoms with E-state index in [1.807, 2.05) is 0 Å². The molecule has 1 fully saturated rings. The van der Waals surface area contributed by atoms with Crippen LogP contribution in [0, 0.1) is 11.9 Å². The predicted molar refractivity (Wildman–Crippen MR) is 82.5 cm³/mol. The molecule has 2 heterocycles. The zero-order valence-corrected chi connectivity index (χ0v) is 13.1. The molecule has 0 saturated heterocycles. The van der Waals surface area contributed by atoms with Crippen LogP contribution in [0.3, 0.4) is 0 Å². The lowest BCUT2D eigenvalue weighted by molar-refractivity contribution is 0.0898. The smallest absolute Gasteiger partial charge is 0.270 e. The predicted octanol–water partition coefficient (Wildman–Crippen LogP) is 1.75. The molecule has 1 amide bonds. The van der Waals surface area contributed by atoms with E-state index in [0.717, 1.165) is 12.1 Å². The van der Waals surface area contributed by atoms with Gasteiger partial charge in [-0.05, 0) is 19.1 Å². The van der Waals surface area contributed by atoms with Crippen LogP contribution in [0.1, 0.15) is 17.4 Å². The van der Waals surface area contributed by atoms with Gasteiger partial charge in [0.15, 0.2) is 0 Å². The number of anilines is 1. The number of nitrogens with zero attached hydrogens (tertiary/aromatic N) is 2. The van der Waals surface area contributed by atoms with Crippen molar-refractivity contribution in [2.45, 2.75) is 24.6 Å². The van der Waals surface area contributed by atoms with E-state index in [1.54, 1.807) is 25.1 Å². The number of pyridine rings is 2. The van der Waals surface area contributed by atoms with E-state index in [9.17, 15) is 13.6 Å². The highest BCUT2D eigenvalue weighted by atomic mass is 19.1. The van der Waals surface area contributed by atoms with Gasteiger partial charge in [0, 0.05) is 31.1 Å². The summed E-state index contributed by atoms with van der Waals surface area (Å²) < 4.78 is 31.8. The van der Waals surface area contributed by atoms with Gasteiger partial charge in [0.05, 0.1) is 11.6 Å². The van der Waals surface area contributed by atoms with E-state index >= 15 is 0 Å². The Labute approximate surface area is 137 Å². The number of ether oxygens (including phenoxy) is 1. The largest absolute Gasteiger partial charge is 0.377 e. The van der Waals surface area contributed by atoms with Crippen LogP contribution in [-0.2, 0) is 4.74 Å². The third-order valence-electron chi connectivity index (χ3n) is 4.05. The third kappa shape index (κ3) is 3.05. The van der Waals surface area contributed by atoms with Crippen LogP contribution < -0.4 is 10.6 Å². The number of halogens is 2. The molecule has 2 aromatic rings. The third-order valence-corrected chi connectivity index (χ3v) is 4.05. The van der Waals surface area contributed by atoms with Crippen molar-refractivity contribution in [3.8, 4) is 0 Å². The lowest BCUT2D eigenvalue weighted by atomic mass is 10.2. The number of methoxy groups -OCH3 is 1. The van der Waals surface area contributed by atoms with Gasteiger partial charge in [0.1, 0.15) is 11.8 Å². The second kappa shape index (κ2) is 6.12. The van der Waals surface area contributed by atoms with Crippen LogP contribution in [0.25, 0.3) is 0 Å². The number of hydrogen-bond acceptors (Lipinski definition) is 5. The first-order chi connectivity index (χ1) is 11.4. The molecular weight excluding hydrogens is 318 g/mol. The second-order valence-electron chi connectivity index (χ2n) is 5.73. The maximum atomic E-state index is 13.2. The first kappa shape index (κ1) is 16.3. The van der Waals surface area contributed by atoms with E-state index in [2.05, 4.69) is 20.6 Å². The molecule has 8 heteroatoms. The minimum atomic E-state index is -0.925. The molecule has 0 aliphatic heterocycles. The van der Waals surface area contributed by atoms with Crippen molar-refractivity contribution in [2.75, 3.05) is 12.4 Å². The molecule has 3 atom stereocenters. The van der Waals surface area contributed by atoms with Gasteiger partial charge in [0.25, 0.3) is 5.91 Å².